The maximum absolute atomic E-state index is 12.7. The van der Waals surface area contributed by atoms with Crippen LogP contribution in [-0.4, -0.2) is 70.8 Å². The lowest BCUT2D eigenvalue weighted by atomic mass is 10.1. The van der Waals surface area contributed by atoms with Gasteiger partial charge in [-0.3, -0.25) is 15.0 Å². The Labute approximate surface area is 174 Å². The van der Waals surface area contributed by atoms with Gasteiger partial charge in [-0.25, -0.2) is 4.79 Å². The van der Waals surface area contributed by atoms with Crippen LogP contribution in [0.15, 0.2) is 24.3 Å². The molecule has 0 radical (unpaired) electrons. The number of ether oxygens (including phenoxy) is 1. The van der Waals surface area contributed by atoms with Crippen molar-refractivity contribution in [2.24, 2.45) is 0 Å². The van der Waals surface area contributed by atoms with Crippen LogP contribution in [0.25, 0.3) is 0 Å². The van der Waals surface area contributed by atoms with Crippen LogP contribution in [0.4, 0.5) is 10.5 Å². The molecule has 1 aliphatic rings. The number of carbonyl (C=O) groups is 2. The normalized spacial score (nSPS) is 19.0. The van der Waals surface area contributed by atoms with Crippen molar-refractivity contribution < 1.29 is 19.4 Å². The number of nitrogens with zero attached hydrogens (tertiary/aromatic N) is 2. The second-order valence-electron chi connectivity index (χ2n) is 8.75. The molecule has 0 saturated carbocycles. The number of rotatable bonds is 6. The molecule has 7 nitrogen and oxygen atoms in total. The van der Waals surface area contributed by atoms with Crippen molar-refractivity contribution in [1.82, 2.24) is 9.80 Å². The van der Waals surface area contributed by atoms with E-state index in [1.54, 1.807) is 19.1 Å². The van der Waals surface area contributed by atoms with Crippen molar-refractivity contribution in [1.29, 1.82) is 0 Å². The monoisotopic (exact) mass is 405 g/mol. The maximum atomic E-state index is 12.7. The second kappa shape index (κ2) is 10.1. The Balaban J connectivity index is 1.88. The lowest BCUT2D eigenvalue weighted by molar-refractivity contribution is -0.133. The highest BCUT2D eigenvalue weighted by Gasteiger charge is 2.28. The molecule has 1 aliphatic heterocycles. The van der Waals surface area contributed by atoms with E-state index in [0.29, 0.717) is 31.7 Å². The van der Waals surface area contributed by atoms with Gasteiger partial charge < -0.3 is 14.7 Å². The SMILES string of the molecule is CC[C@@H]1CN(C(=O)Cc2ccc(NC(=O)OC(C)(C)C)cc2)CCN1C[C@H](C)O. The number of piperazine rings is 1. The van der Waals surface area contributed by atoms with Crippen LogP contribution in [-0.2, 0) is 16.0 Å². The summed E-state index contributed by atoms with van der Waals surface area (Å²) in [6.07, 6.45) is 0.419. The first kappa shape index (κ1) is 23.2. The van der Waals surface area contributed by atoms with E-state index in [1.807, 2.05) is 37.8 Å². The molecule has 1 aromatic rings. The van der Waals surface area contributed by atoms with Crippen LogP contribution in [0.5, 0.6) is 0 Å². The van der Waals surface area contributed by atoms with E-state index in [9.17, 15) is 14.7 Å². The molecule has 1 fully saturated rings. The number of anilines is 1. The molecule has 162 valence electrons. The number of hydrogen-bond acceptors (Lipinski definition) is 5. The van der Waals surface area contributed by atoms with E-state index in [-0.39, 0.29) is 18.1 Å². The van der Waals surface area contributed by atoms with Gasteiger partial charge in [-0.1, -0.05) is 19.1 Å². The summed E-state index contributed by atoms with van der Waals surface area (Å²) >= 11 is 0. The van der Waals surface area contributed by atoms with Gasteiger partial charge in [0.15, 0.2) is 0 Å². The topological polar surface area (TPSA) is 82.1 Å². The zero-order valence-electron chi connectivity index (χ0n) is 18.3. The Morgan fingerprint density at radius 2 is 1.90 bits per heavy atom. The first-order valence-electron chi connectivity index (χ1n) is 10.4. The lowest BCUT2D eigenvalue weighted by Gasteiger charge is -2.41. The Hall–Kier alpha value is -2.12. The predicted octanol–water partition coefficient (Wildman–Crippen LogP) is 2.88. The van der Waals surface area contributed by atoms with Crippen molar-refractivity contribution >= 4 is 17.7 Å². The van der Waals surface area contributed by atoms with Gasteiger partial charge >= 0.3 is 6.09 Å². The summed E-state index contributed by atoms with van der Waals surface area (Å²) in [5.41, 5.74) is 0.990. The fourth-order valence-corrected chi connectivity index (χ4v) is 3.50. The molecule has 1 aromatic carbocycles. The summed E-state index contributed by atoms with van der Waals surface area (Å²) in [5.74, 6) is 0.105. The molecule has 29 heavy (non-hydrogen) atoms. The van der Waals surface area contributed by atoms with E-state index >= 15 is 0 Å². The van der Waals surface area contributed by atoms with E-state index in [4.69, 9.17) is 4.74 Å². The van der Waals surface area contributed by atoms with Crippen molar-refractivity contribution in [2.75, 3.05) is 31.5 Å². The molecule has 2 rings (SSSR count). The Morgan fingerprint density at radius 3 is 2.45 bits per heavy atom. The standard InChI is InChI=1S/C22H35N3O4/c1-6-19-15-25(12-11-24(19)14-16(2)26)20(27)13-17-7-9-18(10-8-17)23-21(28)29-22(3,4)5/h7-10,16,19,26H,6,11-15H2,1-5H3,(H,23,28)/t16-,19+/m0/s1. The molecule has 0 bridgehead atoms. The highest BCUT2D eigenvalue weighted by molar-refractivity contribution is 5.85. The van der Waals surface area contributed by atoms with E-state index in [1.165, 1.54) is 0 Å². The third-order valence-electron chi connectivity index (χ3n) is 4.88. The number of hydrogen-bond donors (Lipinski definition) is 2. The van der Waals surface area contributed by atoms with E-state index < -0.39 is 11.7 Å². The molecule has 1 heterocycles. The number of carbonyl (C=O) groups excluding carboxylic acids is 2. The first-order chi connectivity index (χ1) is 13.6. The molecule has 0 spiro atoms. The number of aliphatic hydroxyl groups excluding tert-OH is 1. The number of β-amino-alcohol motifs (C(OH)–C–C–N with tert-alkyl or cyclic N) is 1. The Bertz CT molecular complexity index is 682. The highest BCUT2D eigenvalue weighted by Crippen LogP contribution is 2.17. The van der Waals surface area contributed by atoms with Crippen molar-refractivity contribution in [3.05, 3.63) is 29.8 Å². The van der Waals surface area contributed by atoms with Gasteiger partial charge in [-0.2, -0.15) is 0 Å². The molecule has 2 amide bonds. The summed E-state index contributed by atoms with van der Waals surface area (Å²) in [6, 6.07) is 7.55. The number of nitrogens with one attached hydrogen (secondary N) is 1. The van der Waals surface area contributed by atoms with Crippen molar-refractivity contribution in [3.8, 4) is 0 Å². The lowest BCUT2D eigenvalue weighted by Crippen LogP contribution is -2.56. The van der Waals surface area contributed by atoms with Crippen LogP contribution < -0.4 is 5.32 Å². The van der Waals surface area contributed by atoms with Gasteiger partial charge in [-0.15, -0.1) is 0 Å². The summed E-state index contributed by atoms with van der Waals surface area (Å²) in [4.78, 5) is 28.8. The average molecular weight is 406 g/mol. The molecule has 1 saturated heterocycles. The molecular formula is C22H35N3O4. The van der Waals surface area contributed by atoms with Crippen LogP contribution in [0.3, 0.4) is 0 Å². The maximum Gasteiger partial charge on any atom is 0.412 e. The van der Waals surface area contributed by atoms with Gasteiger partial charge in [0.1, 0.15) is 5.60 Å². The summed E-state index contributed by atoms with van der Waals surface area (Å²) < 4.78 is 5.24. The van der Waals surface area contributed by atoms with Gasteiger partial charge in [-0.05, 0) is 51.8 Å². The Kier molecular flexibility index (Phi) is 8.05. The fraction of sp³-hybridized carbons (Fsp3) is 0.636. The number of aliphatic hydroxyl groups is 1. The quantitative estimate of drug-likeness (QED) is 0.761. The number of benzene rings is 1. The fourth-order valence-electron chi connectivity index (χ4n) is 3.50. The van der Waals surface area contributed by atoms with Gasteiger partial charge in [0.25, 0.3) is 0 Å². The van der Waals surface area contributed by atoms with E-state index in [2.05, 4.69) is 17.1 Å². The highest BCUT2D eigenvalue weighted by atomic mass is 16.6. The van der Waals surface area contributed by atoms with Crippen LogP contribution in [0.1, 0.15) is 46.6 Å². The van der Waals surface area contributed by atoms with Gasteiger partial charge in [0.2, 0.25) is 5.91 Å². The molecular weight excluding hydrogens is 370 g/mol. The molecule has 0 aromatic heterocycles. The smallest absolute Gasteiger partial charge is 0.412 e. The molecule has 2 N–H and O–H groups in total. The average Bonchev–Trinajstić information content (AvgIpc) is 2.61. The molecule has 2 atom stereocenters. The minimum absolute atomic E-state index is 0.105. The molecule has 7 heteroatoms. The molecule has 0 unspecified atom stereocenters. The first-order valence-corrected chi connectivity index (χ1v) is 10.4. The minimum Gasteiger partial charge on any atom is -0.444 e. The zero-order valence-corrected chi connectivity index (χ0v) is 18.3. The number of amides is 2. The molecule has 0 aliphatic carbocycles. The van der Waals surface area contributed by atoms with Crippen molar-refractivity contribution in [3.63, 3.8) is 0 Å². The minimum atomic E-state index is -0.550. The summed E-state index contributed by atoms with van der Waals surface area (Å²) in [7, 11) is 0. The third-order valence-corrected chi connectivity index (χ3v) is 4.88. The Morgan fingerprint density at radius 1 is 1.24 bits per heavy atom. The van der Waals surface area contributed by atoms with Crippen molar-refractivity contribution in [2.45, 2.75) is 65.2 Å². The third kappa shape index (κ3) is 7.66. The summed E-state index contributed by atoms with van der Waals surface area (Å²) in [6.45, 7) is 12.2. The zero-order chi connectivity index (χ0) is 21.6. The van der Waals surface area contributed by atoms with Crippen LogP contribution in [0.2, 0.25) is 0 Å². The summed E-state index contributed by atoms with van der Waals surface area (Å²) in [5, 5.41) is 12.4. The second-order valence-corrected chi connectivity index (χ2v) is 8.75. The van der Waals surface area contributed by atoms with Gasteiger partial charge in [0.05, 0.1) is 12.5 Å². The van der Waals surface area contributed by atoms with E-state index in [0.717, 1.165) is 18.5 Å². The van der Waals surface area contributed by atoms with Crippen LogP contribution in [0, 0.1) is 0 Å². The predicted molar refractivity (Wildman–Crippen MR) is 114 cm³/mol. The largest absolute Gasteiger partial charge is 0.444 e. The van der Waals surface area contributed by atoms with Gasteiger partial charge in [0, 0.05) is 37.9 Å². The van der Waals surface area contributed by atoms with Crippen LogP contribution >= 0.6 is 0 Å².